The molecule has 0 radical (unpaired) electrons. The summed E-state index contributed by atoms with van der Waals surface area (Å²) in [6, 6.07) is 13.4. The van der Waals surface area contributed by atoms with Crippen LogP contribution in [0, 0.1) is 3.57 Å². The zero-order chi connectivity index (χ0) is 13.1. The first kappa shape index (κ1) is 13.8. The van der Waals surface area contributed by atoms with Gasteiger partial charge < -0.3 is 9.84 Å². The molecule has 0 aromatic heterocycles. The Balaban J connectivity index is 2.34. The summed E-state index contributed by atoms with van der Waals surface area (Å²) in [5.41, 5.74) is 1.71. The third-order valence-corrected chi connectivity index (χ3v) is 4.08. The normalized spacial score (nSPS) is 12.2. The lowest BCUT2D eigenvalue weighted by molar-refractivity contribution is 0.219. The summed E-state index contributed by atoms with van der Waals surface area (Å²) >= 11 is 5.70. The summed E-state index contributed by atoms with van der Waals surface area (Å²) in [6.45, 7) is 0. The van der Waals surface area contributed by atoms with Gasteiger partial charge in [0.1, 0.15) is 11.9 Å². The minimum absolute atomic E-state index is 0.639. The second-order valence-electron chi connectivity index (χ2n) is 3.84. The number of aliphatic hydroxyl groups is 1. The van der Waals surface area contributed by atoms with E-state index in [1.54, 1.807) is 7.11 Å². The molecule has 0 aliphatic carbocycles. The maximum Gasteiger partial charge on any atom is 0.118 e. The summed E-state index contributed by atoms with van der Waals surface area (Å²) in [5.74, 6) is 0.785. The quantitative estimate of drug-likeness (QED) is 0.759. The van der Waals surface area contributed by atoms with Crippen LogP contribution < -0.4 is 4.74 Å². The smallest absolute Gasteiger partial charge is 0.118 e. The predicted molar refractivity (Wildman–Crippen MR) is 83.9 cm³/mol. The van der Waals surface area contributed by atoms with Gasteiger partial charge in [0.15, 0.2) is 0 Å². The van der Waals surface area contributed by atoms with E-state index in [2.05, 4.69) is 38.5 Å². The first-order valence-electron chi connectivity index (χ1n) is 5.39. The van der Waals surface area contributed by atoms with Gasteiger partial charge in [0, 0.05) is 13.6 Å². The Morgan fingerprint density at radius 3 is 2.44 bits per heavy atom. The zero-order valence-electron chi connectivity index (χ0n) is 9.73. The number of rotatable bonds is 3. The van der Waals surface area contributed by atoms with Crippen LogP contribution in [0.1, 0.15) is 17.2 Å². The molecule has 0 aliphatic heterocycles. The van der Waals surface area contributed by atoms with Crippen molar-refractivity contribution in [3.63, 3.8) is 0 Å². The highest BCUT2D eigenvalue weighted by atomic mass is 127. The van der Waals surface area contributed by atoms with Gasteiger partial charge in [-0.2, -0.15) is 0 Å². The lowest BCUT2D eigenvalue weighted by Gasteiger charge is -2.14. The molecule has 2 aromatic rings. The molecule has 0 spiro atoms. The topological polar surface area (TPSA) is 29.5 Å². The van der Waals surface area contributed by atoms with Gasteiger partial charge in [0.2, 0.25) is 0 Å². The molecular formula is C14H12BrIO2. The van der Waals surface area contributed by atoms with E-state index < -0.39 is 6.10 Å². The Bertz CT molecular complexity index is 540. The van der Waals surface area contributed by atoms with Crippen LogP contribution in [0.25, 0.3) is 0 Å². The van der Waals surface area contributed by atoms with Crippen molar-refractivity contribution in [1.29, 1.82) is 0 Å². The van der Waals surface area contributed by atoms with E-state index >= 15 is 0 Å². The Morgan fingerprint density at radius 2 is 1.83 bits per heavy atom. The first-order valence-corrected chi connectivity index (χ1v) is 7.26. The summed E-state index contributed by atoms with van der Waals surface area (Å²) in [5, 5.41) is 10.4. The summed E-state index contributed by atoms with van der Waals surface area (Å²) in [4.78, 5) is 0. The highest BCUT2D eigenvalue weighted by Gasteiger charge is 2.14. The van der Waals surface area contributed by atoms with Gasteiger partial charge in [-0.05, 0) is 58.5 Å². The second kappa shape index (κ2) is 6.04. The monoisotopic (exact) mass is 418 g/mol. The van der Waals surface area contributed by atoms with Crippen molar-refractivity contribution in [3.8, 4) is 5.75 Å². The maximum absolute atomic E-state index is 10.4. The third kappa shape index (κ3) is 3.05. The van der Waals surface area contributed by atoms with Crippen LogP contribution in [0.3, 0.4) is 0 Å². The Morgan fingerprint density at radius 1 is 1.17 bits per heavy atom. The minimum atomic E-state index is -0.639. The SMILES string of the molecule is COc1ccc(C(O)c2cc(I)ccc2Br)cc1. The summed E-state index contributed by atoms with van der Waals surface area (Å²) in [6.07, 6.45) is -0.639. The first-order chi connectivity index (χ1) is 8.61. The molecule has 0 aliphatic rings. The van der Waals surface area contributed by atoms with Gasteiger partial charge in [0.05, 0.1) is 7.11 Å². The van der Waals surface area contributed by atoms with Crippen LogP contribution in [0.2, 0.25) is 0 Å². The molecule has 0 bridgehead atoms. The predicted octanol–water partition coefficient (Wildman–Crippen LogP) is 4.14. The molecule has 2 aromatic carbocycles. The lowest BCUT2D eigenvalue weighted by atomic mass is 10.0. The molecule has 0 heterocycles. The Kier molecular flexibility index (Phi) is 4.64. The number of methoxy groups -OCH3 is 1. The van der Waals surface area contributed by atoms with Crippen LogP contribution in [0.4, 0.5) is 0 Å². The van der Waals surface area contributed by atoms with Gasteiger partial charge in [-0.3, -0.25) is 0 Å². The van der Waals surface area contributed by atoms with E-state index in [9.17, 15) is 5.11 Å². The molecule has 0 saturated heterocycles. The van der Waals surface area contributed by atoms with Crippen molar-refractivity contribution in [1.82, 2.24) is 0 Å². The maximum atomic E-state index is 10.4. The van der Waals surface area contributed by atoms with Gasteiger partial charge in [0.25, 0.3) is 0 Å². The van der Waals surface area contributed by atoms with Crippen LogP contribution in [0.5, 0.6) is 5.75 Å². The minimum Gasteiger partial charge on any atom is -0.497 e. The standard InChI is InChI=1S/C14H12BrIO2/c1-18-11-5-2-9(3-6-11)14(17)12-8-10(16)4-7-13(12)15/h2-8,14,17H,1H3. The van der Waals surface area contributed by atoms with E-state index in [1.807, 2.05) is 42.5 Å². The van der Waals surface area contributed by atoms with E-state index in [-0.39, 0.29) is 0 Å². The van der Waals surface area contributed by atoms with Crippen LogP contribution in [-0.2, 0) is 0 Å². The number of hydrogen-bond acceptors (Lipinski definition) is 2. The molecular weight excluding hydrogens is 407 g/mol. The van der Waals surface area contributed by atoms with Crippen LogP contribution in [-0.4, -0.2) is 12.2 Å². The van der Waals surface area contributed by atoms with Gasteiger partial charge in [-0.15, -0.1) is 0 Å². The molecule has 2 nitrogen and oxygen atoms in total. The van der Waals surface area contributed by atoms with Gasteiger partial charge >= 0.3 is 0 Å². The number of aliphatic hydroxyl groups excluding tert-OH is 1. The van der Waals surface area contributed by atoms with E-state index in [0.717, 1.165) is 24.9 Å². The van der Waals surface area contributed by atoms with Crippen molar-refractivity contribution in [2.24, 2.45) is 0 Å². The fraction of sp³-hybridized carbons (Fsp3) is 0.143. The van der Waals surface area contributed by atoms with Crippen molar-refractivity contribution < 1.29 is 9.84 Å². The largest absolute Gasteiger partial charge is 0.497 e. The molecule has 2 rings (SSSR count). The molecule has 0 saturated carbocycles. The molecule has 0 amide bonds. The van der Waals surface area contributed by atoms with Gasteiger partial charge in [-0.1, -0.05) is 28.1 Å². The molecule has 1 N–H and O–H groups in total. The summed E-state index contributed by atoms with van der Waals surface area (Å²) < 4.78 is 7.11. The van der Waals surface area contributed by atoms with Crippen LogP contribution >= 0.6 is 38.5 Å². The number of hydrogen-bond donors (Lipinski definition) is 1. The highest BCUT2D eigenvalue weighted by Crippen LogP contribution is 2.30. The van der Waals surface area contributed by atoms with Crippen molar-refractivity contribution in [2.75, 3.05) is 7.11 Å². The number of halogens is 2. The van der Waals surface area contributed by atoms with Gasteiger partial charge in [-0.25, -0.2) is 0 Å². The van der Waals surface area contributed by atoms with E-state index in [0.29, 0.717) is 0 Å². The summed E-state index contributed by atoms with van der Waals surface area (Å²) in [7, 11) is 1.63. The fourth-order valence-corrected chi connectivity index (χ4v) is 2.67. The number of benzene rings is 2. The van der Waals surface area contributed by atoms with Crippen molar-refractivity contribution in [3.05, 3.63) is 61.6 Å². The average Bonchev–Trinajstić information content (AvgIpc) is 2.41. The Hall–Kier alpha value is -0.590. The number of ether oxygens (including phenoxy) is 1. The fourth-order valence-electron chi connectivity index (χ4n) is 1.69. The van der Waals surface area contributed by atoms with E-state index in [4.69, 9.17) is 4.74 Å². The Labute approximate surface area is 128 Å². The molecule has 94 valence electrons. The zero-order valence-corrected chi connectivity index (χ0v) is 13.5. The molecule has 1 unspecified atom stereocenters. The van der Waals surface area contributed by atoms with E-state index in [1.165, 1.54) is 0 Å². The molecule has 4 heteroatoms. The second-order valence-corrected chi connectivity index (χ2v) is 5.94. The highest BCUT2D eigenvalue weighted by molar-refractivity contribution is 14.1. The molecule has 1 atom stereocenters. The molecule has 0 fully saturated rings. The van der Waals surface area contributed by atoms with Crippen LogP contribution in [0.15, 0.2) is 46.9 Å². The average molecular weight is 419 g/mol. The third-order valence-electron chi connectivity index (χ3n) is 2.68. The lowest BCUT2D eigenvalue weighted by Crippen LogP contribution is -2.01. The molecule has 18 heavy (non-hydrogen) atoms. The van der Waals surface area contributed by atoms with Crippen molar-refractivity contribution in [2.45, 2.75) is 6.10 Å². The van der Waals surface area contributed by atoms with Crippen molar-refractivity contribution >= 4 is 38.5 Å².